The van der Waals surface area contributed by atoms with E-state index in [4.69, 9.17) is 9.47 Å². The molecule has 31 heavy (non-hydrogen) atoms. The Kier molecular flexibility index (Phi) is 6.46. The van der Waals surface area contributed by atoms with Gasteiger partial charge in [0.25, 0.3) is 0 Å². The van der Waals surface area contributed by atoms with Crippen molar-refractivity contribution in [3.63, 3.8) is 0 Å². The molecule has 0 atom stereocenters. The highest BCUT2D eigenvalue weighted by Gasteiger charge is 2.13. The molecule has 8 nitrogen and oxygen atoms in total. The number of rotatable bonds is 7. The van der Waals surface area contributed by atoms with Gasteiger partial charge in [0, 0.05) is 43.7 Å². The zero-order chi connectivity index (χ0) is 21.6. The Morgan fingerprint density at radius 2 is 2.10 bits per heavy atom. The van der Waals surface area contributed by atoms with Crippen molar-refractivity contribution in [3.05, 3.63) is 47.7 Å². The first-order chi connectivity index (χ1) is 15.1. The molecule has 0 aliphatic carbocycles. The van der Waals surface area contributed by atoms with Crippen molar-refractivity contribution in [3.8, 4) is 17.7 Å². The van der Waals surface area contributed by atoms with E-state index in [1.54, 1.807) is 12.1 Å². The van der Waals surface area contributed by atoms with Crippen molar-refractivity contribution >= 4 is 22.4 Å². The molecule has 0 amide bonds. The Bertz CT molecular complexity index is 1110. The van der Waals surface area contributed by atoms with Gasteiger partial charge in [-0.3, -0.25) is 9.88 Å². The molecule has 4 rings (SSSR count). The summed E-state index contributed by atoms with van der Waals surface area (Å²) in [5, 5.41) is 22.8. The molecular weight excluding hydrogens is 394 g/mol. The van der Waals surface area contributed by atoms with E-state index in [9.17, 15) is 10.4 Å². The van der Waals surface area contributed by atoms with Crippen molar-refractivity contribution in [1.29, 1.82) is 5.26 Å². The molecule has 1 aliphatic heterocycles. The molecule has 0 radical (unpaired) electrons. The maximum atomic E-state index is 10.0. The number of ether oxygens (including phenoxy) is 2. The molecule has 1 aliphatic rings. The lowest BCUT2D eigenvalue weighted by molar-refractivity contribution is 0.0357. The number of nitriles is 1. The molecule has 3 heterocycles. The molecule has 1 fully saturated rings. The summed E-state index contributed by atoms with van der Waals surface area (Å²) in [7, 11) is 0. The van der Waals surface area contributed by atoms with Crippen LogP contribution in [0.15, 0.2) is 36.5 Å². The Labute approximate surface area is 181 Å². The third-order valence-electron chi connectivity index (χ3n) is 5.26. The topological polar surface area (TPSA) is 104 Å². The summed E-state index contributed by atoms with van der Waals surface area (Å²) in [5.41, 5.74) is 3.53. The van der Waals surface area contributed by atoms with Gasteiger partial charge in [-0.25, -0.2) is 4.98 Å². The van der Waals surface area contributed by atoms with Crippen LogP contribution in [0.25, 0.3) is 11.0 Å². The summed E-state index contributed by atoms with van der Waals surface area (Å²) in [5.74, 6) is 0.667. The van der Waals surface area contributed by atoms with Crippen LogP contribution in [-0.4, -0.2) is 59.4 Å². The Hall–Kier alpha value is -3.41. The highest BCUT2D eigenvalue weighted by atomic mass is 16.5. The number of aromatic hydroxyl groups is 1. The summed E-state index contributed by atoms with van der Waals surface area (Å²) in [4.78, 5) is 11.3. The molecule has 2 N–H and O–H groups in total. The number of anilines is 2. The molecular formula is C23H25N5O3. The lowest BCUT2D eigenvalue weighted by Gasteiger charge is -2.26. The lowest BCUT2D eigenvalue weighted by atomic mass is 10.1. The molecule has 1 aromatic carbocycles. The minimum atomic E-state index is 0.180. The van der Waals surface area contributed by atoms with E-state index in [2.05, 4.69) is 26.3 Å². The number of nitrogens with zero attached hydrogens (tertiary/aromatic N) is 4. The number of aryl methyl sites for hydroxylation is 1. The summed E-state index contributed by atoms with van der Waals surface area (Å²) < 4.78 is 11.2. The van der Waals surface area contributed by atoms with E-state index < -0.39 is 0 Å². The van der Waals surface area contributed by atoms with Crippen molar-refractivity contribution in [2.75, 3.05) is 44.8 Å². The quantitative estimate of drug-likeness (QED) is 0.562. The Morgan fingerprint density at radius 1 is 1.26 bits per heavy atom. The van der Waals surface area contributed by atoms with Crippen LogP contribution in [0.2, 0.25) is 0 Å². The Balaban J connectivity index is 1.52. The molecule has 8 heteroatoms. The van der Waals surface area contributed by atoms with Crippen LogP contribution in [-0.2, 0) is 4.74 Å². The molecule has 160 valence electrons. The van der Waals surface area contributed by atoms with Crippen LogP contribution in [0, 0.1) is 18.3 Å². The predicted octanol–water partition coefficient (Wildman–Crippen LogP) is 3.36. The first kappa shape index (κ1) is 20.8. The van der Waals surface area contributed by atoms with Gasteiger partial charge in [0.1, 0.15) is 17.3 Å². The molecule has 0 spiro atoms. The standard InChI is InChI=1S/C23H25N5O3/c1-16-3-4-18(13-20(16)29)26-22-17(14-24)15-25-19-5-6-21(27-23(19)22)31-10-2-7-28-8-11-30-12-9-28/h3-6,13,15,29H,2,7-12H2,1H3,(H,25,26). The Morgan fingerprint density at radius 3 is 2.87 bits per heavy atom. The van der Waals surface area contributed by atoms with Gasteiger partial charge in [0.05, 0.1) is 36.6 Å². The largest absolute Gasteiger partial charge is 0.508 e. The first-order valence-corrected chi connectivity index (χ1v) is 10.3. The fourth-order valence-electron chi connectivity index (χ4n) is 3.46. The number of benzene rings is 1. The van der Waals surface area contributed by atoms with E-state index in [0.29, 0.717) is 40.5 Å². The number of aromatic nitrogens is 2. The molecule has 2 aromatic heterocycles. The predicted molar refractivity (Wildman–Crippen MR) is 118 cm³/mol. The third kappa shape index (κ3) is 5.02. The number of phenolic OH excluding ortho intramolecular Hbond substituents is 1. The van der Waals surface area contributed by atoms with Crippen molar-refractivity contribution in [2.45, 2.75) is 13.3 Å². The van der Waals surface area contributed by atoms with Crippen LogP contribution in [0.4, 0.5) is 11.4 Å². The van der Waals surface area contributed by atoms with E-state index >= 15 is 0 Å². The average molecular weight is 419 g/mol. The SMILES string of the molecule is Cc1ccc(Nc2c(C#N)cnc3ccc(OCCCN4CCOCC4)nc23)cc1O. The van der Waals surface area contributed by atoms with Crippen LogP contribution >= 0.6 is 0 Å². The van der Waals surface area contributed by atoms with Crippen molar-refractivity contribution in [1.82, 2.24) is 14.9 Å². The van der Waals surface area contributed by atoms with Gasteiger partial charge in [-0.15, -0.1) is 0 Å². The van der Waals surface area contributed by atoms with Gasteiger partial charge in [0.2, 0.25) is 5.88 Å². The fourth-order valence-corrected chi connectivity index (χ4v) is 3.46. The second-order valence-corrected chi connectivity index (χ2v) is 7.46. The van der Waals surface area contributed by atoms with Crippen LogP contribution in [0.1, 0.15) is 17.5 Å². The number of nitrogens with one attached hydrogen (secondary N) is 1. The molecule has 0 unspecified atom stereocenters. The number of fused-ring (bicyclic) bond motifs is 1. The number of hydrogen-bond acceptors (Lipinski definition) is 8. The van der Waals surface area contributed by atoms with Crippen LogP contribution < -0.4 is 10.1 Å². The van der Waals surface area contributed by atoms with E-state index in [0.717, 1.165) is 44.8 Å². The highest BCUT2D eigenvalue weighted by Crippen LogP contribution is 2.30. The van der Waals surface area contributed by atoms with Gasteiger partial charge >= 0.3 is 0 Å². The van der Waals surface area contributed by atoms with Gasteiger partial charge in [0.15, 0.2) is 0 Å². The maximum Gasteiger partial charge on any atom is 0.213 e. The van der Waals surface area contributed by atoms with Gasteiger partial charge in [-0.05, 0) is 31.0 Å². The lowest BCUT2D eigenvalue weighted by Crippen LogP contribution is -2.37. The van der Waals surface area contributed by atoms with Gasteiger partial charge < -0.3 is 19.9 Å². The zero-order valence-electron chi connectivity index (χ0n) is 17.5. The highest BCUT2D eigenvalue weighted by molar-refractivity contribution is 5.93. The number of pyridine rings is 2. The second kappa shape index (κ2) is 9.60. The summed E-state index contributed by atoms with van der Waals surface area (Å²) in [6, 6.07) is 11.0. The van der Waals surface area contributed by atoms with E-state index in [1.165, 1.54) is 6.20 Å². The average Bonchev–Trinajstić information content (AvgIpc) is 2.80. The summed E-state index contributed by atoms with van der Waals surface area (Å²) in [6.07, 6.45) is 2.41. The second-order valence-electron chi connectivity index (χ2n) is 7.46. The third-order valence-corrected chi connectivity index (χ3v) is 5.26. The van der Waals surface area contributed by atoms with E-state index in [1.807, 2.05) is 25.1 Å². The number of hydrogen-bond donors (Lipinski definition) is 2. The van der Waals surface area contributed by atoms with E-state index in [-0.39, 0.29) is 5.75 Å². The number of phenols is 1. The fraction of sp³-hybridized carbons (Fsp3) is 0.348. The molecule has 3 aromatic rings. The maximum absolute atomic E-state index is 10.0. The molecule has 1 saturated heterocycles. The summed E-state index contributed by atoms with van der Waals surface area (Å²) >= 11 is 0. The van der Waals surface area contributed by atoms with Crippen molar-refractivity contribution in [2.24, 2.45) is 0 Å². The van der Waals surface area contributed by atoms with Crippen LogP contribution in [0.5, 0.6) is 11.6 Å². The minimum Gasteiger partial charge on any atom is -0.508 e. The van der Waals surface area contributed by atoms with Gasteiger partial charge in [-0.1, -0.05) is 6.07 Å². The monoisotopic (exact) mass is 419 g/mol. The smallest absolute Gasteiger partial charge is 0.213 e. The first-order valence-electron chi connectivity index (χ1n) is 10.3. The number of morpholine rings is 1. The molecule has 0 bridgehead atoms. The van der Waals surface area contributed by atoms with Crippen molar-refractivity contribution < 1.29 is 14.6 Å². The summed E-state index contributed by atoms with van der Waals surface area (Å²) in [6.45, 7) is 6.83. The van der Waals surface area contributed by atoms with Crippen LogP contribution in [0.3, 0.4) is 0 Å². The zero-order valence-corrected chi connectivity index (χ0v) is 17.5. The molecule has 0 saturated carbocycles. The van der Waals surface area contributed by atoms with Gasteiger partial charge in [-0.2, -0.15) is 5.26 Å². The minimum absolute atomic E-state index is 0.180. The normalized spacial score (nSPS) is 14.3.